The zero-order valence-electron chi connectivity index (χ0n) is 49.9. The first kappa shape index (κ1) is 64.3. The third-order valence-corrected chi connectivity index (χ3v) is 15.3. The zero-order chi connectivity index (χ0) is 66.0. The van der Waals surface area contributed by atoms with Gasteiger partial charge in [-0.05, 0) is 106 Å². The molecule has 0 bridgehead atoms. The van der Waals surface area contributed by atoms with Gasteiger partial charge in [0.2, 0.25) is 0 Å². The fraction of sp³-hybridized carbons (Fsp3) is 0.182. The summed E-state index contributed by atoms with van der Waals surface area (Å²) in [6.45, 7) is -2.06. The molecular formula is C66H57F6N15O6. The van der Waals surface area contributed by atoms with E-state index in [1.54, 1.807) is 91.0 Å². The molecule has 0 saturated heterocycles. The van der Waals surface area contributed by atoms with Crippen LogP contribution in [0.1, 0.15) is 33.4 Å². The second-order valence-corrected chi connectivity index (χ2v) is 20.8. The van der Waals surface area contributed by atoms with E-state index < -0.39 is 54.1 Å². The average molecular weight is 1270 g/mol. The molecule has 0 spiro atoms. The molecule has 0 fully saturated rings. The lowest BCUT2D eigenvalue weighted by Gasteiger charge is -2.27. The van der Waals surface area contributed by atoms with Crippen molar-refractivity contribution in [2.24, 2.45) is 32.2 Å². The van der Waals surface area contributed by atoms with Gasteiger partial charge < -0.3 is 31.4 Å². The van der Waals surface area contributed by atoms with Crippen molar-refractivity contribution in [3.8, 4) is 50.6 Å². The Labute approximate surface area is 528 Å². The van der Waals surface area contributed by atoms with E-state index in [1.165, 1.54) is 128 Å². The molecule has 21 nitrogen and oxygen atoms in total. The number of ether oxygens (including phenoxy) is 3. The van der Waals surface area contributed by atoms with Gasteiger partial charge in [-0.25, -0.2) is 71.2 Å². The van der Waals surface area contributed by atoms with Crippen molar-refractivity contribution in [3.63, 3.8) is 0 Å². The maximum atomic E-state index is 14.6. The molecule has 27 heteroatoms. The van der Waals surface area contributed by atoms with E-state index in [-0.39, 0.29) is 72.1 Å². The van der Waals surface area contributed by atoms with Crippen LogP contribution in [0.4, 0.5) is 26.3 Å². The molecule has 12 rings (SSSR count). The summed E-state index contributed by atoms with van der Waals surface area (Å²) in [7, 11) is 4.57. The lowest BCUT2D eigenvalue weighted by Crippen LogP contribution is -2.41. The van der Waals surface area contributed by atoms with Crippen LogP contribution in [0.25, 0.3) is 33.4 Å². The molecule has 6 N–H and O–H groups in total. The molecule has 0 aliphatic carbocycles. The molecule has 93 heavy (non-hydrogen) atoms. The Morgan fingerprint density at radius 3 is 0.796 bits per heavy atom. The highest BCUT2D eigenvalue weighted by molar-refractivity contribution is 6.11. The van der Waals surface area contributed by atoms with E-state index >= 15 is 0 Å². The monoisotopic (exact) mass is 1270 g/mol. The number of aromatic nitrogens is 6. The summed E-state index contributed by atoms with van der Waals surface area (Å²) in [6, 6.07) is 32.7. The smallest absolute Gasteiger partial charge is 0.266 e. The van der Waals surface area contributed by atoms with Gasteiger partial charge in [-0.1, -0.05) is 54.6 Å². The number of alkyl halides is 3. The molecule has 3 aliphatic heterocycles. The molecule has 0 saturated carbocycles. The Morgan fingerprint density at radius 1 is 0.366 bits per heavy atom. The van der Waals surface area contributed by atoms with Crippen molar-refractivity contribution < 1.29 is 54.9 Å². The third kappa shape index (κ3) is 12.5. The lowest BCUT2D eigenvalue weighted by molar-refractivity contribution is -0.130. The summed E-state index contributed by atoms with van der Waals surface area (Å²) in [5.41, 5.74) is 18.4. The number of benzene rings is 6. The highest BCUT2D eigenvalue weighted by Crippen LogP contribution is 2.45. The highest BCUT2D eigenvalue weighted by atomic mass is 19.1. The quantitative estimate of drug-likeness (QED) is 0.0687. The first-order valence-corrected chi connectivity index (χ1v) is 28.4. The Hall–Kier alpha value is -11.6. The first-order chi connectivity index (χ1) is 44.9. The molecule has 1 unspecified atom stereocenters. The van der Waals surface area contributed by atoms with Crippen LogP contribution < -0.4 is 31.4 Å². The number of likely N-dealkylation sites (N-methyl/N-ethyl adjacent to an activating group) is 3. The maximum Gasteiger partial charge on any atom is 0.266 e. The minimum Gasteiger partial charge on any atom is -0.491 e. The zero-order valence-corrected chi connectivity index (χ0v) is 49.9. The normalized spacial score (nSPS) is 18.2. The largest absolute Gasteiger partial charge is 0.491 e. The summed E-state index contributed by atoms with van der Waals surface area (Å²) in [6.07, 6.45) is 13.0. The summed E-state index contributed by atoms with van der Waals surface area (Å²) >= 11 is 0. The van der Waals surface area contributed by atoms with Gasteiger partial charge in [0, 0.05) is 91.7 Å². The molecule has 6 heterocycles. The van der Waals surface area contributed by atoms with Gasteiger partial charge in [-0.2, -0.15) is 0 Å². The van der Waals surface area contributed by atoms with E-state index in [2.05, 4.69) is 44.9 Å². The number of hydrogen-bond donors (Lipinski definition) is 3. The van der Waals surface area contributed by atoms with Gasteiger partial charge in [0.05, 0.1) is 0 Å². The van der Waals surface area contributed by atoms with Crippen LogP contribution in [0.2, 0.25) is 0 Å². The van der Waals surface area contributed by atoms with E-state index in [1.807, 2.05) is 0 Å². The molecule has 6 aromatic carbocycles. The second-order valence-electron chi connectivity index (χ2n) is 20.8. The fourth-order valence-electron chi connectivity index (χ4n) is 10.6. The van der Waals surface area contributed by atoms with Gasteiger partial charge in [-0.3, -0.25) is 29.1 Å². The molecule has 3 amide bonds. The Morgan fingerprint density at radius 2 is 0.591 bits per heavy atom. The van der Waals surface area contributed by atoms with Crippen LogP contribution in [-0.2, 0) is 31.0 Å². The molecular weight excluding hydrogens is 1210 g/mol. The van der Waals surface area contributed by atoms with Crippen molar-refractivity contribution in [1.29, 1.82) is 0 Å². The van der Waals surface area contributed by atoms with Crippen molar-refractivity contribution in [1.82, 2.24) is 44.6 Å². The molecule has 9 aromatic rings. The van der Waals surface area contributed by atoms with Crippen LogP contribution in [0.3, 0.4) is 0 Å². The van der Waals surface area contributed by atoms with Crippen LogP contribution in [-0.4, -0.2) is 141 Å². The number of amides is 3. The number of rotatable bonds is 18. The molecule has 0 radical (unpaired) electrons. The minimum atomic E-state index is -1.50. The summed E-state index contributed by atoms with van der Waals surface area (Å²) in [5, 5.41) is 0. The minimum absolute atomic E-state index is 0.0386. The van der Waals surface area contributed by atoms with Crippen molar-refractivity contribution >= 4 is 35.6 Å². The van der Waals surface area contributed by atoms with Crippen LogP contribution in [0.15, 0.2) is 199 Å². The van der Waals surface area contributed by atoms with E-state index in [4.69, 9.17) is 31.4 Å². The van der Waals surface area contributed by atoms with E-state index in [0.717, 1.165) is 0 Å². The van der Waals surface area contributed by atoms with Crippen LogP contribution >= 0.6 is 0 Å². The number of nitrogens with zero attached hydrogens (tertiary/aromatic N) is 12. The van der Waals surface area contributed by atoms with Gasteiger partial charge in [0.15, 0.2) is 34.5 Å². The van der Waals surface area contributed by atoms with Gasteiger partial charge in [-0.15, -0.1) is 0 Å². The predicted octanol–water partition coefficient (Wildman–Crippen LogP) is 7.98. The average Bonchev–Trinajstić information content (AvgIpc) is 1.65. The van der Waals surface area contributed by atoms with E-state index in [0.29, 0.717) is 67.3 Å². The molecule has 3 atom stereocenters. The van der Waals surface area contributed by atoms with Crippen molar-refractivity contribution in [3.05, 3.63) is 234 Å². The lowest BCUT2D eigenvalue weighted by atomic mass is 9.81. The number of carbonyl (C=O) groups excluding carboxylic acids is 3. The topological polar surface area (TPSA) is 281 Å². The molecule has 3 aliphatic rings. The highest BCUT2D eigenvalue weighted by Gasteiger charge is 2.52. The predicted molar refractivity (Wildman–Crippen MR) is 332 cm³/mol. The summed E-state index contributed by atoms with van der Waals surface area (Å²) in [4.78, 5) is 80.9. The van der Waals surface area contributed by atoms with Gasteiger partial charge >= 0.3 is 0 Å². The van der Waals surface area contributed by atoms with Gasteiger partial charge in [0.1, 0.15) is 93.5 Å². The van der Waals surface area contributed by atoms with E-state index in [9.17, 15) is 40.7 Å². The van der Waals surface area contributed by atoms with Crippen LogP contribution in [0.5, 0.6) is 17.2 Å². The van der Waals surface area contributed by atoms with Crippen LogP contribution in [0, 0.1) is 17.5 Å². The molecule has 474 valence electrons. The number of halogens is 6. The number of nitrogens with two attached hydrogens (primary N) is 3. The fourth-order valence-corrected chi connectivity index (χ4v) is 10.6. The Kier molecular flexibility index (Phi) is 19.1. The number of hydrogen-bond acceptors (Lipinski definition) is 18. The maximum absolute atomic E-state index is 14.6. The number of guanidine groups is 3. The first-order valence-electron chi connectivity index (χ1n) is 28.4. The Balaban J connectivity index is 0.000000153. The third-order valence-electron chi connectivity index (χ3n) is 15.3. The number of carbonyl (C=O) groups is 3. The summed E-state index contributed by atoms with van der Waals surface area (Å²) < 4.78 is 96.9. The second kappa shape index (κ2) is 27.6. The molecule has 3 aromatic heterocycles. The van der Waals surface area contributed by atoms with Crippen molar-refractivity contribution in [2.45, 2.75) is 16.6 Å². The van der Waals surface area contributed by atoms with Gasteiger partial charge in [0.25, 0.3) is 17.7 Å². The van der Waals surface area contributed by atoms with Crippen molar-refractivity contribution in [2.75, 3.05) is 61.0 Å². The number of aliphatic imine (C=N–C) groups is 3. The standard InChI is InChI=1S/3C22H19F2N5O2/c3*1-29-20(30)22(28-21(29)25,15-2-5-17(6-3-15)31-9-8-23)16-4-7-19(24)18(10-16)14-11-26-13-27-12-14/h3*2-7,10-13H,8-9H2,1H3,(H2,25,28)/t2*22-;/m10./s1. The summed E-state index contributed by atoms with van der Waals surface area (Å²) in [5.74, 6) is -1.14. The Bertz CT molecular complexity index is 3850. The SMILES string of the molecule is CN1C(=O)C(c2ccc(OCCF)cc2)(c2ccc(F)c(-c3cncnc3)c2)N=C1N.CN1C(=O)[C@@](c2ccc(OCCF)cc2)(c2ccc(F)c(-c3cncnc3)c2)N=C1N.CN1C(=O)[C@](c2ccc(OCCF)cc2)(c2ccc(F)c(-c3cncnc3)c2)N=C1N.